The number of ether oxygens (including phenoxy) is 1. The Kier molecular flexibility index (Phi) is 6.52. The number of nitriles is 1. The molecule has 32 heavy (non-hydrogen) atoms. The Morgan fingerprint density at radius 3 is 2.31 bits per heavy atom. The summed E-state index contributed by atoms with van der Waals surface area (Å²) in [5.41, 5.74) is 3.15. The van der Waals surface area contributed by atoms with Crippen LogP contribution < -0.4 is 9.91 Å². The number of carbonyl (C=O) groups is 1. The van der Waals surface area contributed by atoms with E-state index in [-0.39, 0.29) is 5.91 Å². The van der Waals surface area contributed by atoms with Gasteiger partial charge in [-0.25, -0.2) is 0 Å². The van der Waals surface area contributed by atoms with Crippen molar-refractivity contribution in [2.45, 2.75) is 13.8 Å². The molecule has 0 aromatic heterocycles. The number of carbonyl (C=O) groups excluding carboxylic acids is 1. The van der Waals surface area contributed by atoms with Gasteiger partial charge in [0.25, 0.3) is 5.91 Å². The van der Waals surface area contributed by atoms with Crippen LogP contribution in [-0.2, 0) is 9.53 Å². The normalized spacial score (nSPS) is 17.8. The zero-order valence-corrected chi connectivity index (χ0v) is 18.5. The minimum absolute atomic E-state index is 0.290. The molecule has 1 amide bonds. The van der Waals surface area contributed by atoms with E-state index < -0.39 is 0 Å². The van der Waals surface area contributed by atoms with Crippen LogP contribution in [-0.4, -0.2) is 56.0 Å². The average Bonchev–Trinajstić information content (AvgIpc) is 3.19. The van der Waals surface area contributed by atoms with Crippen LogP contribution in [0.2, 0.25) is 0 Å². The molecule has 2 aromatic rings. The molecule has 0 N–H and O–H groups in total. The summed E-state index contributed by atoms with van der Waals surface area (Å²) in [6.45, 7) is 8.40. The van der Waals surface area contributed by atoms with Gasteiger partial charge in [0.05, 0.1) is 24.5 Å². The maximum absolute atomic E-state index is 13.5. The first-order chi connectivity index (χ1) is 15.7. The number of hydrogen-bond acceptors (Lipinski definition) is 6. The molecule has 164 valence electrons. The lowest BCUT2D eigenvalue weighted by molar-refractivity contribution is -0.114. The molecule has 2 aliphatic rings. The van der Waals surface area contributed by atoms with Crippen molar-refractivity contribution in [3.05, 3.63) is 65.7 Å². The van der Waals surface area contributed by atoms with Crippen molar-refractivity contribution >= 4 is 28.7 Å². The highest BCUT2D eigenvalue weighted by Crippen LogP contribution is 2.31. The first-order valence-electron chi connectivity index (χ1n) is 11.0. The number of allylic oxidation sites excluding steroid dienone is 1. The van der Waals surface area contributed by atoms with Gasteiger partial charge < -0.3 is 14.5 Å². The second kappa shape index (κ2) is 9.67. The first-order valence-corrected chi connectivity index (χ1v) is 11.0. The zero-order chi connectivity index (χ0) is 22.5. The van der Waals surface area contributed by atoms with Gasteiger partial charge in [-0.1, -0.05) is 30.3 Å². The predicted molar refractivity (Wildman–Crippen MR) is 126 cm³/mol. The van der Waals surface area contributed by atoms with Gasteiger partial charge in [-0.2, -0.15) is 10.3 Å². The van der Waals surface area contributed by atoms with E-state index in [0.717, 1.165) is 18.8 Å². The lowest BCUT2D eigenvalue weighted by atomic mass is 9.98. The van der Waals surface area contributed by atoms with Gasteiger partial charge in [0.15, 0.2) is 5.84 Å². The smallest absolute Gasteiger partial charge is 0.283 e. The molecule has 0 saturated carbocycles. The van der Waals surface area contributed by atoms with Gasteiger partial charge in [0, 0.05) is 31.9 Å². The minimum Gasteiger partial charge on any atom is -0.378 e. The van der Waals surface area contributed by atoms with Crippen LogP contribution in [0.1, 0.15) is 19.4 Å². The van der Waals surface area contributed by atoms with Crippen LogP contribution in [0.4, 0.5) is 11.4 Å². The topological polar surface area (TPSA) is 72.2 Å². The van der Waals surface area contributed by atoms with Crippen molar-refractivity contribution in [2.24, 2.45) is 5.10 Å². The number of hydrogen-bond donors (Lipinski definition) is 0. The Hall–Kier alpha value is -3.63. The molecule has 7 heteroatoms. The van der Waals surface area contributed by atoms with Crippen LogP contribution in [0, 0.1) is 11.3 Å². The van der Waals surface area contributed by atoms with Gasteiger partial charge in [-0.15, -0.1) is 5.10 Å². The van der Waals surface area contributed by atoms with E-state index in [0.29, 0.717) is 54.5 Å². The highest BCUT2D eigenvalue weighted by Gasteiger charge is 2.37. The Bertz CT molecular complexity index is 1060. The number of benzene rings is 2. The highest BCUT2D eigenvalue weighted by atomic mass is 16.5. The first kappa shape index (κ1) is 21.6. The van der Waals surface area contributed by atoms with Crippen LogP contribution in [0.25, 0.3) is 5.57 Å². The SMILES string of the molecule is CCN(CC)c1ccc(C(C#N)=C2C(=O)N(c3ccccc3)N=C2N2CCOCC2)cc1. The predicted octanol–water partition coefficient (Wildman–Crippen LogP) is 3.50. The fourth-order valence-corrected chi connectivity index (χ4v) is 4.04. The number of rotatable bonds is 5. The third kappa shape index (κ3) is 4.10. The summed E-state index contributed by atoms with van der Waals surface area (Å²) >= 11 is 0. The number of para-hydroxylation sites is 1. The van der Waals surface area contributed by atoms with Crippen LogP contribution in [0.5, 0.6) is 0 Å². The molecular weight excluding hydrogens is 402 g/mol. The van der Waals surface area contributed by atoms with Crippen molar-refractivity contribution in [3.63, 3.8) is 0 Å². The fourth-order valence-electron chi connectivity index (χ4n) is 4.04. The van der Waals surface area contributed by atoms with Crippen molar-refractivity contribution in [2.75, 3.05) is 49.3 Å². The second-order valence-corrected chi connectivity index (χ2v) is 7.56. The number of nitrogens with zero attached hydrogens (tertiary/aromatic N) is 5. The maximum Gasteiger partial charge on any atom is 0.283 e. The lowest BCUT2D eigenvalue weighted by Crippen LogP contribution is -2.41. The Morgan fingerprint density at radius 2 is 1.72 bits per heavy atom. The summed E-state index contributed by atoms with van der Waals surface area (Å²) in [7, 11) is 0. The molecule has 0 unspecified atom stereocenters. The summed E-state index contributed by atoms with van der Waals surface area (Å²) in [5.74, 6) is 0.244. The van der Waals surface area contributed by atoms with Gasteiger partial charge in [0.1, 0.15) is 11.6 Å². The number of anilines is 2. The summed E-state index contributed by atoms with van der Waals surface area (Å²) in [6, 6.07) is 19.4. The van der Waals surface area contributed by atoms with E-state index in [9.17, 15) is 10.1 Å². The third-order valence-electron chi connectivity index (χ3n) is 5.78. The van der Waals surface area contributed by atoms with Gasteiger partial charge in [-0.3, -0.25) is 4.79 Å². The minimum atomic E-state index is -0.290. The summed E-state index contributed by atoms with van der Waals surface area (Å²) in [5, 5.41) is 16.2. The average molecular weight is 430 g/mol. The van der Waals surface area contributed by atoms with E-state index in [1.165, 1.54) is 5.01 Å². The van der Waals surface area contributed by atoms with Crippen molar-refractivity contribution in [1.82, 2.24) is 4.90 Å². The molecule has 2 aliphatic heterocycles. The van der Waals surface area contributed by atoms with Crippen molar-refractivity contribution < 1.29 is 9.53 Å². The number of morpholine rings is 1. The largest absolute Gasteiger partial charge is 0.378 e. The molecule has 4 rings (SSSR count). The molecule has 0 aliphatic carbocycles. The number of amidine groups is 1. The zero-order valence-electron chi connectivity index (χ0n) is 18.5. The van der Waals surface area contributed by atoms with E-state index in [4.69, 9.17) is 4.74 Å². The molecule has 1 fully saturated rings. The second-order valence-electron chi connectivity index (χ2n) is 7.56. The summed E-state index contributed by atoms with van der Waals surface area (Å²) in [6.07, 6.45) is 0. The molecule has 0 bridgehead atoms. The van der Waals surface area contributed by atoms with E-state index >= 15 is 0 Å². The monoisotopic (exact) mass is 429 g/mol. The third-order valence-corrected chi connectivity index (χ3v) is 5.78. The highest BCUT2D eigenvalue weighted by molar-refractivity contribution is 6.34. The van der Waals surface area contributed by atoms with Crippen LogP contribution in [0.3, 0.4) is 0 Å². The standard InChI is InChI=1S/C25H27N5O2/c1-3-28(4-2)20-12-10-19(11-13-20)22(18-26)23-24(29-14-16-32-17-15-29)27-30(25(23)31)21-8-6-5-7-9-21/h5-13H,3-4,14-17H2,1-2H3. The molecule has 1 saturated heterocycles. The van der Waals surface area contributed by atoms with Crippen LogP contribution in [0.15, 0.2) is 65.3 Å². The molecular formula is C25H27N5O2. The Balaban J connectivity index is 1.79. The van der Waals surface area contributed by atoms with E-state index in [1.807, 2.05) is 59.5 Å². The van der Waals surface area contributed by atoms with Crippen molar-refractivity contribution in [1.29, 1.82) is 5.26 Å². The van der Waals surface area contributed by atoms with Gasteiger partial charge in [0.2, 0.25) is 0 Å². The van der Waals surface area contributed by atoms with Gasteiger partial charge >= 0.3 is 0 Å². The molecule has 0 atom stereocenters. The summed E-state index contributed by atoms with van der Waals surface area (Å²) in [4.78, 5) is 17.8. The molecule has 0 spiro atoms. The van der Waals surface area contributed by atoms with E-state index in [2.05, 4.69) is 29.9 Å². The van der Waals surface area contributed by atoms with Gasteiger partial charge in [-0.05, 0) is 43.7 Å². The Labute approximate surface area is 188 Å². The fraction of sp³-hybridized carbons (Fsp3) is 0.320. The Morgan fingerprint density at radius 1 is 1.06 bits per heavy atom. The van der Waals surface area contributed by atoms with Crippen LogP contribution >= 0.6 is 0 Å². The molecule has 0 radical (unpaired) electrons. The number of amides is 1. The lowest BCUT2D eigenvalue weighted by Gasteiger charge is -2.28. The van der Waals surface area contributed by atoms with E-state index in [1.54, 1.807) is 0 Å². The summed E-state index contributed by atoms with van der Waals surface area (Å²) < 4.78 is 5.48. The molecule has 2 aromatic carbocycles. The maximum atomic E-state index is 13.5. The molecule has 7 nitrogen and oxygen atoms in total. The molecule has 2 heterocycles. The van der Waals surface area contributed by atoms with Crippen molar-refractivity contribution in [3.8, 4) is 6.07 Å². The number of hydrazone groups is 1. The quantitative estimate of drug-likeness (QED) is 0.537.